The van der Waals surface area contributed by atoms with Crippen LogP contribution in [0.3, 0.4) is 0 Å². The molecule has 2 aromatic heterocycles. The second-order valence-electron chi connectivity index (χ2n) is 6.97. The van der Waals surface area contributed by atoms with Gasteiger partial charge in [0.15, 0.2) is 10.9 Å². The minimum atomic E-state index is -0.731. The van der Waals surface area contributed by atoms with Crippen LogP contribution in [-0.2, 0) is 0 Å². The molecule has 2 heterocycles. The lowest BCUT2D eigenvalue weighted by atomic mass is 10.3. The molecule has 3 aromatic rings. The van der Waals surface area contributed by atoms with Gasteiger partial charge in [-0.15, -0.1) is 0 Å². The number of nitrogens with zero attached hydrogens (tertiary/aromatic N) is 5. The molecular formula is C20H25F2N5OS. The van der Waals surface area contributed by atoms with Crippen molar-refractivity contribution in [1.82, 2.24) is 19.7 Å². The van der Waals surface area contributed by atoms with Crippen LogP contribution in [0.15, 0.2) is 24.4 Å². The summed E-state index contributed by atoms with van der Waals surface area (Å²) in [4.78, 5) is 21.4. The molecule has 29 heavy (non-hydrogen) atoms. The third-order valence-electron chi connectivity index (χ3n) is 4.79. The van der Waals surface area contributed by atoms with Gasteiger partial charge in [-0.05, 0) is 39.1 Å². The van der Waals surface area contributed by atoms with Crippen LogP contribution < -0.4 is 4.90 Å². The van der Waals surface area contributed by atoms with Gasteiger partial charge in [-0.2, -0.15) is 5.10 Å². The normalized spacial score (nSPS) is 11.7. The molecule has 0 saturated carbocycles. The van der Waals surface area contributed by atoms with Gasteiger partial charge in [-0.1, -0.05) is 25.2 Å². The zero-order valence-electron chi connectivity index (χ0n) is 17.0. The highest BCUT2D eigenvalue weighted by Crippen LogP contribution is 2.32. The SMILES string of the molecule is CCN(CC)CCN(C(=O)c1ccnn1C(C)C)c1nc2c(F)cc(F)cc2s1. The second kappa shape index (κ2) is 8.96. The number of likely N-dealkylation sites (N-methyl/N-ethyl adjacent to an activating group) is 1. The highest BCUT2D eigenvalue weighted by molar-refractivity contribution is 7.22. The molecule has 0 atom stereocenters. The van der Waals surface area contributed by atoms with E-state index in [1.165, 1.54) is 11.0 Å². The molecule has 0 unspecified atom stereocenters. The van der Waals surface area contributed by atoms with Crippen LogP contribution in [0.2, 0.25) is 0 Å². The topological polar surface area (TPSA) is 54.3 Å². The summed E-state index contributed by atoms with van der Waals surface area (Å²) >= 11 is 1.11. The Morgan fingerprint density at radius 3 is 2.59 bits per heavy atom. The van der Waals surface area contributed by atoms with Gasteiger partial charge in [-0.25, -0.2) is 13.8 Å². The molecular weight excluding hydrogens is 396 g/mol. The molecule has 6 nitrogen and oxygen atoms in total. The molecule has 0 saturated heterocycles. The molecule has 9 heteroatoms. The fourth-order valence-corrected chi connectivity index (χ4v) is 4.19. The van der Waals surface area contributed by atoms with Gasteiger partial charge in [0, 0.05) is 31.4 Å². The molecule has 0 bridgehead atoms. The fourth-order valence-electron chi connectivity index (χ4n) is 3.16. The average molecular weight is 422 g/mol. The predicted octanol–water partition coefficient (Wildman–Crippen LogP) is 4.34. The van der Waals surface area contributed by atoms with E-state index in [0.29, 0.717) is 28.6 Å². The minimum absolute atomic E-state index is 0.00971. The van der Waals surface area contributed by atoms with Gasteiger partial charge in [0.25, 0.3) is 5.91 Å². The average Bonchev–Trinajstić information content (AvgIpc) is 3.32. The fraction of sp³-hybridized carbons (Fsp3) is 0.450. The van der Waals surface area contributed by atoms with Gasteiger partial charge < -0.3 is 4.90 Å². The van der Waals surface area contributed by atoms with Crippen molar-refractivity contribution in [1.29, 1.82) is 0 Å². The second-order valence-corrected chi connectivity index (χ2v) is 7.98. The van der Waals surface area contributed by atoms with Crippen LogP contribution >= 0.6 is 11.3 Å². The zero-order chi connectivity index (χ0) is 21.1. The van der Waals surface area contributed by atoms with E-state index in [1.54, 1.807) is 16.9 Å². The standard InChI is InChI=1S/C20H25F2N5OS/c1-5-25(6-2)9-10-26(19(28)16-7-8-23-27(16)13(3)4)20-24-18-15(22)11-14(21)12-17(18)29-20/h7-8,11-13H,5-6,9-10H2,1-4H3. The van der Waals surface area contributed by atoms with Gasteiger partial charge in [0.2, 0.25) is 0 Å². The number of hydrogen-bond acceptors (Lipinski definition) is 5. The first-order valence-electron chi connectivity index (χ1n) is 9.69. The van der Waals surface area contributed by atoms with Crippen molar-refractivity contribution < 1.29 is 13.6 Å². The number of fused-ring (bicyclic) bond motifs is 1. The number of carbonyl (C=O) groups excluding carboxylic acids is 1. The highest BCUT2D eigenvalue weighted by Gasteiger charge is 2.26. The molecule has 0 spiro atoms. The molecule has 0 N–H and O–H groups in total. The Labute approximate surface area is 172 Å². The summed E-state index contributed by atoms with van der Waals surface area (Å²) in [7, 11) is 0. The summed E-state index contributed by atoms with van der Waals surface area (Å²) in [6, 6.07) is 3.73. The Hall–Kier alpha value is -2.39. The van der Waals surface area contributed by atoms with E-state index in [-0.39, 0.29) is 17.5 Å². The van der Waals surface area contributed by atoms with E-state index in [4.69, 9.17) is 0 Å². The summed E-state index contributed by atoms with van der Waals surface area (Å²) in [6.45, 7) is 10.7. The molecule has 0 aliphatic heterocycles. The highest BCUT2D eigenvalue weighted by atomic mass is 32.1. The number of rotatable bonds is 8. The number of amides is 1. The van der Waals surface area contributed by atoms with Gasteiger partial charge in [-0.3, -0.25) is 14.4 Å². The Balaban J connectivity index is 2.02. The Morgan fingerprint density at radius 1 is 1.21 bits per heavy atom. The van der Waals surface area contributed by atoms with E-state index in [9.17, 15) is 13.6 Å². The quantitative estimate of drug-likeness (QED) is 0.543. The van der Waals surface area contributed by atoms with E-state index in [1.807, 2.05) is 13.8 Å². The number of thiazole rings is 1. The van der Waals surface area contributed by atoms with Crippen molar-refractivity contribution in [3.63, 3.8) is 0 Å². The van der Waals surface area contributed by atoms with Crippen molar-refractivity contribution in [2.45, 2.75) is 33.7 Å². The molecule has 3 rings (SSSR count). The van der Waals surface area contributed by atoms with Crippen LogP contribution in [0.4, 0.5) is 13.9 Å². The largest absolute Gasteiger partial charge is 0.302 e. The molecule has 0 aliphatic carbocycles. The lowest BCUT2D eigenvalue weighted by Gasteiger charge is -2.25. The maximum atomic E-state index is 14.2. The third-order valence-corrected chi connectivity index (χ3v) is 5.82. The minimum Gasteiger partial charge on any atom is -0.302 e. The van der Waals surface area contributed by atoms with Gasteiger partial charge in [0.05, 0.1) is 4.70 Å². The van der Waals surface area contributed by atoms with Crippen molar-refractivity contribution in [3.8, 4) is 0 Å². The molecule has 0 radical (unpaired) electrons. The van der Waals surface area contributed by atoms with E-state index >= 15 is 0 Å². The first-order valence-corrected chi connectivity index (χ1v) is 10.5. The number of halogens is 2. The first-order chi connectivity index (χ1) is 13.8. The maximum absolute atomic E-state index is 14.2. The van der Waals surface area contributed by atoms with Crippen LogP contribution in [-0.4, -0.2) is 51.8 Å². The number of benzene rings is 1. The summed E-state index contributed by atoms with van der Waals surface area (Å²) in [5.74, 6) is -1.65. The molecule has 156 valence electrons. The Kier molecular flexibility index (Phi) is 6.59. The number of hydrogen-bond donors (Lipinski definition) is 0. The van der Waals surface area contributed by atoms with Crippen LogP contribution in [0.5, 0.6) is 0 Å². The summed E-state index contributed by atoms with van der Waals surface area (Å²) in [5.41, 5.74) is 0.509. The van der Waals surface area contributed by atoms with Crippen LogP contribution in [0.1, 0.15) is 44.2 Å². The summed E-state index contributed by atoms with van der Waals surface area (Å²) in [5, 5.41) is 4.59. The lowest BCUT2D eigenvalue weighted by molar-refractivity contribution is 0.0971. The summed E-state index contributed by atoms with van der Waals surface area (Å²) in [6.07, 6.45) is 1.59. The van der Waals surface area contributed by atoms with Crippen LogP contribution in [0, 0.1) is 11.6 Å². The molecule has 0 fully saturated rings. The number of anilines is 1. The van der Waals surface area contributed by atoms with E-state index in [2.05, 4.69) is 28.8 Å². The van der Waals surface area contributed by atoms with Gasteiger partial charge >= 0.3 is 0 Å². The Bertz CT molecular complexity index is 996. The van der Waals surface area contributed by atoms with Gasteiger partial charge in [0.1, 0.15) is 17.0 Å². The van der Waals surface area contributed by atoms with Crippen molar-refractivity contribution in [2.75, 3.05) is 31.1 Å². The smallest absolute Gasteiger partial charge is 0.278 e. The van der Waals surface area contributed by atoms with E-state index in [0.717, 1.165) is 30.5 Å². The number of aromatic nitrogens is 3. The molecule has 0 aliphatic rings. The Morgan fingerprint density at radius 2 is 1.93 bits per heavy atom. The van der Waals surface area contributed by atoms with Crippen molar-refractivity contribution >= 4 is 32.6 Å². The van der Waals surface area contributed by atoms with Crippen molar-refractivity contribution in [2.24, 2.45) is 0 Å². The first kappa shape index (κ1) is 21.3. The predicted molar refractivity (Wildman–Crippen MR) is 112 cm³/mol. The maximum Gasteiger partial charge on any atom is 0.278 e. The van der Waals surface area contributed by atoms with Crippen molar-refractivity contribution in [3.05, 3.63) is 41.7 Å². The van der Waals surface area contributed by atoms with E-state index < -0.39 is 11.6 Å². The lowest BCUT2D eigenvalue weighted by Crippen LogP contribution is -2.39. The molecule has 1 aromatic carbocycles. The molecule has 1 amide bonds. The number of carbonyl (C=O) groups is 1. The zero-order valence-corrected chi connectivity index (χ0v) is 17.8. The monoisotopic (exact) mass is 421 g/mol. The third kappa shape index (κ3) is 4.45. The summed E-state index contributed by atoms with van der Waals surface area (Å²) < 4.78 is 29.8. The van der Waals surface area contributed by atoms with Crippen LogP contribution in [0.25, 0.3) is 10.2 Å².